The number of unbranched alkanes of at least 4 members (excludes halogenated alkanes) is 66. The first-order valence-electron chi connectivity index (χ1n) is 40.3. The first kappa shape index (κ1) is 84.9. The molecule has 86 heavy (non-hydrogen) atoms. The van der Waals surface area contributed by atoms with E-state index in [0.717, 1.165) is 38.5 Å². The van der Waals surface area contributed by atoms with Gasteiger partial charge in [-0.3, -0.25) is 9.59 Å². The van der Waals surface area contributed by atoms with E-state index in [-0.39, 0.29) is 18.5 Å². The Morgan fingerprint density at radius 2 is 0.477 bits per heavy atom. The molecule has 0 aromatic heterocycles. The van der Waals surface area contributed by atoms with E-state index in [4.69, 9.17) is 4.74 Å². The third-order valence-corrected chi connectivity index (χ3v) is 19.4. The Kier molecular flexibility index (Phi) is 75.3. The Hall–Kier alpha value is -1.14. The molecule has 0 saturated carbocycles. The fourth-order valence-corrected chi connectivity index (χ4v) is 13.3. The molecule has 0 heterocycles. The van der Waals surface area contributed by atoms with E-state index in [2.05, 4.69) is 19.2 Å². The summed E-state index contributed by atoms with van der Waals surface area (Å²) in [6, 6.07) is -0.537. The van der Waals surface area contributed by atoms with Gasteiger partial charge in [0.2, 0.25) is 5.91 Å². The van der Waals surface area contributed by atoms with Crippen LogP contribution in [0.4, 0.5) is 0 Å². The fourth-order valence-electron chi connectivity index (χ4n) is 13.3. The normalized spacial score (nSPS) is 12.4. The van der Waals surface area contributed by atoms with Crippen LogP contribution in [0.25, 0.3) is 0 Å². The van der Waals surface area contributed by atoms with E-state index in [1.165, 1.54) is 405 Å². The van der Waals surface area contributed by atoms with Crippen LogP contribution >= 0.6 is 0 Å². The lowest BCUT2D eigenvalue weighted by molar-refractivity contribution is -0.143. The number of rotatable bonds is 77. The van der Waals surface area contributed by atoms with Crippen LogP contribution < -0.4 is 5.32 Å². The smallest absolute Gasteiger partial charge is 0.305 e. The third kappa shape index (κ3) is 71.9. The third-order valence-electron chi connectivity index (χ3n) is 19.4. The van der Waals surface area contributed by atoms with Crippen molar-refractivity contribution in [3.05, 3.63) is 0 Å². The van der Waals surface area contributed by atoms with Crippen LogP contribution in [0.2, 0.25) is 0 Å². The molecule has 2 atom stereocenters. The minimum Gasteiger partial charge on any atom is -0.466 e. The molecule has 0 aromatic carbocycles. The Bertz CT molecular complexity index is 1260. The zero-order valence-electron chi connectivity index (χ0n) is 59.1. The molecule has 3 N–H and O–H groups in total. The lowest BCUT2D eigenvalue weighted by Gasteiger charge is -2.22. The number of aliphatic hydroxyl groups excluding tert-OH is 2. The predicted octanol–water partition coefficient (Wildman–Crippen LogP) is 26.5. The van der Waals surface area contributed by atoms with Crippen LogP contribution in [-0.2, 0) is 14.3 Å². The van der Waals surface area contributed by atoms with Crippen molar-refractivity contribution in [2.75, 3.05) is 13.2 Å². The summed E-state index contributed by atoms with van der Waals surface area (Å²) in [5.41, 5.74) is 0. The second-order valence-electron chi connectivity index (χ2n) is 28.1. The maximum atomic E-state index is 12.5. The van der Waals surface area contributed by atoms with Gasteiger partial charge in [-0.15, -0.1) is 0 Å². The quantitative estimate of drug-likeness (QED) is 0.0417. The summed E-state index contributed by atoms with van der Waals surface area (Å²) in [6.45, 7) is 5.02. The molecule has 0 saturated heterocycles. The monoisotopic (exact) mass is 1210 g/mol. The van der Waals surface area contributed by atoms with Gasteiger partial charge in [0.05, 0.1) is 25.4 Å². The van der Waals surface area contributed by atoms with Crippen molar-refractivity contribution >= 4 is 11.9 Å². The second kappa shape index (κ2) is 76.3. The highest BCUT2D eigenvalue weighted by molar-refractivity contribution is 5.76. The van der Waals surface area contributed by atoms with Crippen LogP contribution in [0, 0.1) is 0 Å². The second-order valence-corrected chi connectivity index (χ2v) is 28.1. The van der Waals surface area contributed by atoms with Gasteiger partial charge in [-0.2, -0.15) is 0 Å². The highest BCUT2D eigenvalue weighted by Gasteiger charge is 2.20. The van der Waals surface area contributed by atoms with Crippen LogP contribution in [-0.4, -0.2) is 47.4 Å². The first-order valence-corrected chi connectivity index (χ1v) is 40.3. The van der Waals surface area contributed by atoms with Crippen molar-refractivity contribution in [2.24, 2.45) is 0 Å². The molecule has 0 aliphatic carbocycles. The topological polar surface area (TPSA) is 95.9 Å². The number of ether oxygens (including phenoxy) is 1. The summed E-state index contributed by atoms with van der Waals surface area (Å²) in [4.78, 5) is 24.7. The van der Waals surface area contributed by atoms with Crippen LogP contribution in [0.1, 0.15) is 476 Å². The lowest BCUT2D eigenvalue weighted by Crippen LogP contribution is -2.45. The van der Waals surface area contributed by atoms with E-state index in [1.54, 1.807) is 0 Å². The fraction of sp³-hybridized carbons (Fsp3) is 0.975. The summed E-state index contributed by atoms with van der Waals surface area (Å²) in [5.74, 6) is 0.00349. The maximum Gasteiger partial charge on any atom is 0.305 e. The summed E-state index contributed by atoms with van der Waals surface area (Å²) >= 11 is 0. The SMILES string of the molecule is CCCCCCCCCCCCCCCCCCCC(=O)OCCCCCCCCCCCCCCCCCCCCCCCCCCCCCCCCCCCCCC(=O)NC(CO)C(O)CCCCCCCCCCCCCCCCCCC. The summed E-state index contributed by atoms with van der Waals surface area (Å²) in [5, 5.41) is 23.4. The van der Waals surface area contributed by atoms with Crippen molar-refractivity contribution in [2.45, 2.75) is 488 Å². The minimum atomic E-state index is -0.660. The molecular weight excluding hydrogens is 1050 g/mol. The summed E-state index contributed by atoms with van der Waals surface area (Å²) < 4.78 is 5.52. The minimum absolute atomic E-state index is 0.0246. The van der Waals surface area contributed by atoms with Crippen molar-refractivity contribution in [3.8, 4) is 0 Å². The van der Waals surface area contributed by atoms with Gasteiger partial charge >= 0.3 is 5.97 Å². The molecule has 6 heteroatoms. The number of esters is 1. The number of aliphatic hydroxyl groups is 2. The van der Waals surface area contributed by atoms with Gasteiger partial charge in [0.25, 0.3) is 0 Å². The van der Waals surface area contributed by atoms with Gasteiger partial charge in [0.1, 0.15) is 0 Å². The molecule has 0 bridgehead atoms. The first-order chi connectivity index (χ1) is 42.5. The standard InChI is InChI=1S/C80H159NO5/c1-3-5-7-9-11-13-15-17-19-40-44-48-52-56-60-64-68-72-78(83)77(76-82)81-79(84)73-69-65-61-57-53-49-45-42-38-36-34-32-30-28-26-24-22-21-23-25-27-29-31-33-35-37-39-43-47-51-55-59-63-67-71-75-86-80(85)74-70-66-62-58-54-50-46-41-20-18-16-14-12-10-8-6-4-2/h77-78,82-83H,3-76H2,1-2H3,(H,81,84). The molecule has 1 amide bonds. The number of carbonyl (C=O) groups is 2. The van der Waals surface area contributed by atoms with E-state index < -0.39 is 12.1 Å². The molecule has 0 radical (unpaired) electrons. The van der Waals surface area contributed by atoms with Crippen LogP contribution in [0.3, 0.4) is 0 Å². The number of hydrogen-bond donors (Lipinski definition) is 3. The van der Waals surface area contributed by atoms with Gasteiger partial charge in [0.15, 0.2) is 0 Å². The Labute approximate surface area is 540 Å². The van der Waals surface area contributed by atoms with Gasteiger partial charge in [-0.1, -0.05) is 438 Å². The molecule has 0 aliphatic heterocycles. The zero-order chi connectivity index (χ0) is 62.0. The molecule has 2 unspecified atom stereocenters. The van der Waals surface area contributed by atoms with Crippen LogP contribution in [0.5, 0.6) is 0 Å². The van der Waals surface area contributed by atoms with Crippen LogP contribution in [0.15, 0.2) is 0 Å². The Balaban J connectivity index is 3.28. The highest BCUT2D eigenvalue weighted by Crippen LogP contribution is 2.21. The van der Waals surface area contributed by atoms with E-state index in [1.807, 2.05) is 0 Å². The summed E-state index contributed by atoms with van der Waals surface area (Å²) in [6.07, 6.45) is 94.9. The Morgan fingerprint density at radius 3 is 0.709 bits per heavy atom. The predicted molar refractivity (Wildman–Crippen MR) is 380 cm³/mol. The van der Waals surface area contributed by atoms with Crippen molar-refractivity contribution < 1.29 is 24.5 Å². The molecule has 0 aromatic rings. The summed E-state index contributed by atoms with van der Waals surface area (Å²) in [7, 11) is 0. The van der Waals surface area contributed by atoms with Crippen molar-refractivity contribution in [1.82, 2.24) is 5.32 Å². The number of carbonyl (C=O) groups excluding carboxylic acids is 2. The van der Waals surface area contributed by atoms with E-state index in [0.29, 0.717) is 25.9 Å². The van der Waals surface area contributed by atoms with Crippen molar-refractivity contribution in [3.63, 3.8) is 0 Å². The maximum absolute atomic E-state index is 12.5. The Morgan fingerprint density at radius 1 is 0.279 bits per heavy atom. The number of amides is 1. The molecule has 0 fully saturated rings. The van der Waals surface area contributed by atoms with Gasteiger partial charge in [0, 0.05) is 12.8 Å². The van der Waals surface area contributed by atoms with E-state index >= 15 is 0 Å². The average molecular weight is 1220 g/mol. The van der Waals surface area contributed by atoms with Gasteiger partial charge < -0.3 is 20.3 Å². The number of nitrogens with one attached hydrogen (secondary N) is 1. The molecule has 0 spiro atoms. The molecule has 6 nitrogen and oxygen atoms in total. The average Bonchev–Trinajstić information content (AvgIpc) is 3.59. The number of hydrogen-bond acceptors (Lipinski definition) is 5. The van der Waals surface area contributed by atoms with E-state index in [9.17, 15) is 19.8 Å². The lowest BCUT2D eigenvalue weighted by atomic mass is 10.0. The molecule has 0 aliphatic rings. The zero-order valence-corrected chi connectivity index (χ0v) is 59.1. The molecular formula is C80H159NO5. The largest absolute Gasteiger partial charge is 0.466 e. The van der Waals surface area contributed by atoms with Crippen molar-refractivity contribution in [1.29, 1.82) is 0 Å². The molecule has 0 rings (SSSR count). The molecule has 514 valence electrons. The highest BCUT2D eigenvalue weighted by atomic mass is 16.5. The van der Waals surface area contributed by atoms with Gasteiger partial charge in [-0.25, -0.2) is 0 Å². The van der Waals surface area contributed by atoms with Gasteiger partial charge in [-0.05, 0) is 25.7 Å².